The van der Waals surface area contributed by atoms with Crippen LogP contribution in [0.3, 0.4) is 0 Å². The molecule has 2 saturated heterocycles. The first-order valence-corrected chi connectivity index (χ1v) is 17.9. The van der Waals surface area contributed by atoms with Gasteiger partial charge in [-0.1, -0.05) is 68.3 Å². The molecule has 262 valence electrons. The Morgan fingerprint density at radius 1 is 0.918 bits per heavy atom. The molecule has 2 aromatic carbocycles. The third kappa shape index (κ3) is 8.58. The second-order valence-electron chi connectivity index (χ2n) is 15.1. The first-order valence-electron chi connectivity index (χ1n) is 17.9. The van der Waals surface area contributed by atoms with Crippen molar-refractivity contribution in [2.24, 2.45) is 11.8 Å². The van der Waals surface area contributed by atoms with E-state index < -0.39 is 6.29 Å². The maximum absolute atomic E-state index is 13.8. The number of pyridine rings is 1. The van der Waals surface area contributed by atoms with Crippen LogP contribution in [0.25, 0.3) is 0 Å². The molecular weight excluding hydrogens is 616 g/mol. The Morgan fingerprint density at radius 3 is 2.33 bits per heavy atom. The standard InChI is InChI=1S/C40H52N4O5/c1-26-35(24-44-33-10-6-5-8-29(33)19-20-34(44)38(47)43-40(2,3)4)48-39(49-36(26)30-15-13-28(25-45)14-16-30)31-17-11-27(12-18-31)22-42-37(46)32-9-7-21-41-23-32/h7,9,11-18,21,23,26,29,33-36,39,45H,5-6,8,10,19-20,22,24-25H2,1-4H3,(H,42,46)(H,43,47). The third-order valence-corrected chi connectivity index (χ3v) is 10.4. The van der Waals surface area contributed by atoms with Gasteiger partial charge in [0.2, 0.25) is 5.91 Å². The lowest BCUT2D eigenvalue weighted by molar-refractivity contribution is -0.278. The van der Waals surface area contributed by atoms with Gasteiger partial charge in [-0.15, -0.1) is 0 Å². The Morgan fingerprint density at radius 2 is 1.63 bits per heavy atom. The lowest BCUT2D eigenvalue weighted by atomic mass is 9.75. The number of piperidine rings is 1. The molecule has 9 heteroatoms. The molecule has 7 unspecified atom stereocenters. The van der Waals surface area contributed by atoms with Crippen LogP contribution in [0.4, 0.5) is 0 Å². The van der Waals surface area contributed by atoms with Crippen molar-refractivity contribution in [1.29, 1.82) is 0 Å². The number of nitrogens with zero attached hydrogens (tertiary/aromatic N) is 2. The summed E-state index contributed by atoms with van der Waals surface area (Å²) in [7, 11) is 0. The summed E-state index contributed by atoms with van der Waals surface area (Å²) in [6.45, 7) is 9.34. The number of fused-ring (bicyclic) bond motifs is 1. The molecule has 49 heavy (non-hydrogen) atoms. The molecule has 1 aliphatic carbocycles. The fourth-order valence-electron chi connectivity index (χ4n) is 7.84. The molecule has 1 saturated carbocycles. The van der Waals surface area contributed by atoms with E-state index >= 15 is 0 Å². The molecule has 3 N–H and O–H groups in total. The zero-order valence-corrected chi connectivity index (χ0v) is 29.3. The minimum atomic E-state index is -0.614. The number of hydrogen-bond acceptors (Lipinski definition) is 7. The van der Waals surface area contributed by atoms with Gasteiger partial charge in [-0.2, -0.15) is 0 Å². The Labute approximate surface area is 290 Å². The Bertz CT molecular complexity index is 1540. The maximum atomic E-state index is 13.8. The van der Waals surface area contributed by atoms with Crippen LogP contribution in [0.5, 0.6) is 0 Å². The predicted octanol–water partition coefficient (Wildman–Crippen LogP) is 6.23. The molecule has 3 aromatic rings. The van der Waals surface area contributed by atoms with Crippen LogP contribution in [0.15, 0.2) is 73.1 Å². The van der Waals surface area contributed by atoms with Crippen molar-refractivity contribution in [1.82, 2.24) is 20.5 Å². The lowest BCUT2D eigenvalue weighted by Gasteiger charge is -2.51. The summed E-state index contributed by atoms with van der Waals surface area (Å²) in [6.07, 6.45) is 8.87. The molecule has 0 spiro atoms. The number of carbonyl (C=O) groups excluding carboxylic acids is 2. The molecule has 7 atom stereocenters. The summed E-state index contributed by atoms with van der Waals surface area (Å²) >= 11 is 0. The molecule has 0 radical (unpaired) electrons. The van der Waals surface area contributed by atoms with Crippen LogP contribution in [0.2, 0.25) is 0 Å². The van der Waals surface area contributed by atoms with E-state index in [2.05, 4.69) is 27.4 Å². The lowest BCUT2D eigenvalue weighted by Crippen LogP contribution is -2.61. The number of carbonyl (C=O) groups is 2. The van der Waals surface area contributed by atoms with Crippen molar-refractivity contribution in [2.75, 3.05) is 6.54 Å². The highest BCUT2D eigenvalue weighted by Crippen LogP contribution is 2.44. The monoisotopic (exact) mass is 668 g/mol. The van der Waals surface area contributed by atoms with Crippen LogP contribution >= 0.6 is 0 Å². The Hall–Kier alpha value is -3.63. The molecule has 0 bridgehead atoms. The van der Waals surface area contributed by atoms with E-state index in [0.29, 0.717) is 30.6 Å². The van der Waals surface area contributed by atoms with E-state index in [1.807, 2.05) is 69.3 Å². The van der Waals surface area contributed by atoms with Gasteiger partial charge in [-0.25, -0.2) is 0 Å². The summed E-state index contributed by atoms with van der Waals surface area (Å²) in [5.74, 6) is 0.547. The molecule has 9 nitrogen and oxygen atoms in total. The average Bonchev–Trinajstić information content (AvgIpc) is 3.11. The smallest absolute Gasteiger partial charge is 0.253 e. The van der Waals surface area contributed by atoms with Crippen molar-refractivity contribution >= 4 is 11.8 Å². The number of amides is 2. The van der Waals surface area contributed by atoms with Crippen LogP contribution in [-0.4, -0.2) is 57.1 Å². The number of benzene rings is 2. The van der Waals surface area contributed by atoms with E-state index in [-0.39, 0.29) is 48.1 Å². The molecule has 2 amide bonds. The highest BCUT2D eigenvalue weighted by atomic mass is 16.7. The van der Waals surface area contributed by atoms with E-state index in [0.717, 1.165) is 41.5 Å². The summed E-state index contributed by atoms with van der Waals surface area (Å²) in [5.41, 5.74) is 3.96. The van der Waals surface area contributed by atoms with E-state index in [1.54, 1.807) is 24.5 Å². The van der Waals surface area contributed by atoms with Gasteiger partial charge < -0.3 is 25.2 Å². The van der Waals surface area contributed by atoms with Gasteiger partial charge >= 0.3 is 0 Å². The molecule has 3 fully saturated rings. The van der Waals surface area contributed by atoms with E-state index in [9.17, 15) is 14.7 Å². The minimum Gasteiger partial charge on any atom is -0.392 e. The molecule has 3 heterocycles. The predicted molar refractivity (Wildman–Crippen MR) is 188 cm³/mol. The maximum Gasteiger partial charge on any atom is 0.253 e. The fraction of sp³-hybridized carbons (Fsp3) is 0.525. The van der Waals surface area contributed by atoms with Gasteiger partial charge in [0.25, 0.3) is 5.91 Å². The minimum absolute atomic E-state index is 0.00785. The zero-order valence-electron chi connectivity index (χ0n) is 29.3. The van der Waals surface area contributed by atoms with Gasteiger partial charge in [0.15, 0.2) is 6.29 Å². The Balaban J connectivity index is 1.24. The number of likely N-dealkylation sites (tertiary alicyclic amines) is 1. The second kappa shape index (κ2) is 15.5. The van der Waals surface area contributed by atoms with Crippen LogP contribution < -0.4 is 10.6 Å². The summed E-state index contributed by atoms with van der Waals surface area (Å²) < 4.78 is 13.6. The van der Waals surface area contributed by atoms with Crippen LogP contribution in [0.1, 0.15) is 111 Å². The topological polar surface area (TPSA) is 113 Å². The summed E-state index contributed by atoms with van der Waals surface area (Å²) in [5, 5.41) is 15.9. The van der Waals surface area contributed by atoms with Crippen molar-refractivity contribution in [3.8, 4) is 0 Å². The van der Waals surface area contributed by atoms with E-state index in [1.165, 1.54) is 19.3 Å². The number of aliphatic hydroxyl groups excluding tert-OH is 1. The van der Waals surface area contributed by atoms with Gasteiger partial charge in [-0.05, 0) is 81.2 Å². The van der Waals surface area contributed by atoms with Crippen molar-refractivity contribution in [2.45, 2.75) is 115 Å². The fourth-order valence-corrected chi connectivity index (χ4v) is 7.84. The molecule has 2 aliphatic heterocycles. The highest BCUT2D eigenvalue weighted by molar-refractivity contribution is 5.93. The quantitative estimate of drug-likeness (QED) is 0.248. The van der Waals surface area contributed by atoms with Gasteiger partial charge in [0.1, 0.15) is 0 Å². The molecule has 6 rings (SSSR count). The number of nitrogens with one attached hydrogen (secondary N) is 2. The first-order chi connectivity index (χ1) is 23.6. The number of aromatic nitrogens is 1. The van der Waals surface area contributed by atoms with Crippen molar-refractivity contribution in [3.05, 3.63) is 101 Å². The largest absolute Gasteiger partial charge is 0.392 e. The zero-order chi connectivity index (χ0) is 34.5. The number of aliphatic hydroxyl groups is 1. The first kappa shape index (κ1) is 35.2. The van der Waals surface area contributed by atoms with Gasteiger partial charge in [0.05, 0.1) is 30.4 Å². The number of ether oxygens (including phenoxy) is 2. The van der Waals surface area contributed by atoms with Crippen LogP contribution in [0, 0.1) is 11.8 Å². The van der Waals surface area contributed by atoms with Crippen molar-refractivity contribution in [3.63, 3.8) is 0 Å². The highest BCUT2D eigenvalue weighted by Gasteiger charge is 2.46. The summed E-state index contributed by atoms with van der Waals surface area (Å²) in [6, 6.07) is 19.6. The number of rotatable bonds is 9. The number of hydrogen-bond donors (Lipinski definition) is 3. The van der Waals surface area contributed by atoms with Gasteiger partial charge in [-0.3, -0.25) is 19.5 Å². The summed E-state index contributed by atoms with van der Waals surface area (Å²) in [4.78, 5) is 32.9. The average molecular weight is 669 g/mol. The SMILES string of the molecule is CC1C(CN2C(C(=O)NC(C)(C)C)CCC3CCCCC32)OC(c2ccc(CNC(=O)c3cccnc3)cc2)OC1c1ccc(CO)cc1. The van der Waals surface area contributed by atoms with E-state index in [4.69, 9.17) is 9.47 Å². The molecule has 1 aromatic heterocycles. The second-order valence-corrected chi connectivity index (χ2v) is 15.1. The van der Waals surface area contributed by atoms with Crippen LogP contribution in [-0.2, 0) is 27.4 Å². The molecular formula is C40H52N4O5. The Kier molecular flexibility index (Phi) is 11.1. The van der Waals surface area contributed by atoms with Crippen molar-refractivity contribution < 1.29 is 24.2 Å². The molecule has 3 aliphatic rings. The normalized spacial score (nSPS) is 27.6. The third-order valence-electron chi connectivity index (χ3n) is 10.4. The van der Waals surface area contributed by atoms with Gasteiger partial charge in [0, 0.05) is 48.5 Å².